The topological polar surface area (TPSA) is 38.0 Å². The van der Waals surface area contributed by atoms with E-state index in [9.17, 15) is 0 Å². The molecule has 0 fully saturated rings. The Morgan fingerprint density at radius 3 is 2.43 bits per heavy atom. The molecule has 1 aromatic heterocycles. The zero-order chi connectivity index (χ0) is 4.41. The number of hydrogen-bond acceptors (Lipinski definition) is 2. The Labute approximate surface area is 51.7 Å². The quantitative estimate of drug-likeness (QED) is 0.370. The Morgan fingerprint density at radius 2 is 2.29 bits per heavy atom. The van der Waals surface area contributed by atoms with Gasteiger partial charge in [-0.05, 0) is 6.07 Å². The van der Waals surface area contributed by atoms with E-state index >= 15 is 0 Å². The van der Waals surface area contributed by atoms with Crippen LogP contribution in [-0.4, -0.2) is 32.5 Å². The maximum atomic E-state index is 8.28. The standard InChI is InChI=1S/C3H4N2O.Al/c6-5-3-1-2-4-5;/h1-3,6H;/q;+3. The van der Waals surface area contributed by atoms with Crippen LogP contribution in [0.2, 0.25) is 0 Å². The van der Waals surface area contributed by atoms with Crippen LogP contribution in [0.15, 0.2) is 18.5 Å². The first-order valence-electron chi connectivity index (χ1n) is 1.58. The van der Waals surface area contributed by atoms with Crippen molar-refractivity contribution in [3.05, 3.63) is 18.5 Å². The van der Waals surface area contributed by atoms with Crippen molar-refractivity contribution in [3.8, 4) is 0 Å². The van der Waals surface area contributed by atoms with Crippen LogP contribution >= 0.6 is 0 Å². The van der Waals surface area contributed by atoms with Gasteiger partial charge in [0.1, 0.15) is 0 Å². The van der Waals surface area contributed by atoms with Crippen LogP contribution in [0.5, 0.6) is 0 Å². The van der Waals surface area contributed by atoms with Gasteiger partial charge in [0.15, 0.2) is 0 Å². The van der Waals surface area contributed by atoms with Crippen LogP contribution in [0.25, 0.3) is 0 Å². The van der Waals surface area contributed by atoms with Crippen LogP contribution in [0.4, 0.5) is 0 Å². The van der Waals surface area contributed by atoms with Crippen molar-refractivity contribution >= 4 is 17.4 Å². The smallest absolute Gasteiger partial charge is 0.412 e. The van der Waals surface area contributed by atoms with Gasteiger partial charge in [0.05, 0.1) is 12.4 Å². The molecule has 0 bridgehead atoms. The molecule has 0 aliphatic heterocycles. The third-order valence-corrected chi connectivity index (χ3v) is 0.490. The fourth-order valence-corrected chi connectivity index (χ4v) is 0.261. The van der Waals surface area contributed by atoms with Crippen molar-refractivity contribution in [3.63, 3.8) is 0 Å². The van der Waals surface area contributed by atoms with E-state index in [2.05, 4.69) is 5.10 Å². The molecule has 0 aliphatic carbocycles. The van der Waals surface area contributed by atoms with E-state index in [1.165, 1.54) is 12.4 Å². The first kappa shape index (κ1) is 6.54. The summed E-state index contributed by atoms with van der Waals surface area (Å²) < 4.78 is 0. The average molecular weight is 111 g/mol. The summed E-state index contributed by atoms with van der Waals surface area (Å²) in [6.45, 7) is 0. The van der Waals surface area contributed by atoms with Gasteiger partial charge in [-0.2, -0.15) is 0 Å². The molecule has 0 radical (unpaired) electrons. The second-order valence-electron chi connectivity index (χ2n) is 0.926. The average Bonchev–Trinajstić information content (AvgIpc) is 1.86. The van der Waals surface area contributed by atoms with Crippen LogP contribution in [0.3, 0.4) is 0 Å². The van der Waals surface area contributed by atoms with Gasteiger partial charge >= 0.3 is 17.4 Å². The van der Waals surface area contributed by atoms with Gasteiger partial charge in [-0.3, -0.25) is 0 Å². The normalized spacial score (nSPS) is 7.43. The Bertz CT molecular complexity index is 116. The molecule has 3 nitrogen and oxygen atoms in total. The second kappa shape index (κ2) is 2.67. The number of rotatable bonds is 0. The molecule has 0 aromatic carbocycles. The Balaban J connectivity index is 0.000000360. The molecule has 7 heavy (non-hydrogen) atoms. The third-order valence-electron chi connectivity index (χ3n) is 0.490. The summed E-state index contributed by atoms with van der Waals surface area (Å²) in [7, 11) is 0. The molecular weight excluding hydrogens is 107 g/mol. The third kappa shape index (κ3) is 1.62. The van der Waals surface area contributed by atoms with Gasteiger partial charge in [-0.15, -0.1) is 9.94 Å². The Morgan fingerprint density at radius 1 is 1.57 bits per heavy atom. The van der Waals surface area contributed by atoms with Crippen LogP contribution < -0.4 is 0 Å². The minimum absolute atomic E-state index is 0. The van der Waals surface area contributed by atoms with Gasteiger partial charge in [-0.25, -0.2) is 0 Å². The maximum Gasteiger partial charge on any atom is 3.00 e. The van der Waals surface area contributed by atoms with E-state index in [0.717, 1.165) is 4.85 Å². The SMILES string of the molecule is On1cccn1.[Al+3]. The summed E-state index contributed by atoms with van der Waals surface area (Å²) in [5.74, 6) is 0. The van der Waals surface area contributed by atoms with Gasteiger partial charge in [0, 0.05) is 0 Å². The Kier molecular flexibility index (Phi) is 2.50. The van der Waals surface area contributed by atoms with Gasteiger partial charge in [0.2, 0.25) is 0 Å². The predicted molar refractivity (Wildman–Crippen MR) is 25.2 cm³/mol. The molecule has 0 spiro atoms. The van der Waals surface area contributed by atoms with Gasteiger partial charge in [0.25, 0.3) is 0 Å². The van der Waals surface area contributed by atoms with Gasteiger partial charge in [-0.1, -0.05) is 0 Å². The molecule has 1 rings (SSSR count). The number of aromatic nitrogens is 2. The number of nitrogens with zero attached hydrogens (tertiary/aromatic N) is 2. The van der Waals surface area contributed by atoms with Crippen molar-refractivity contribution < 1.29 is 5.21 Å². The summed E-state index contributed by atoms with van der Waals surface area (Å²) >= 11 is 0. The van der Waals surface area contributed by atoms with Crippen LogP contribution in [0, 0.1) is 0 Å². The molecule has 4 heteroatoms. The zero-order valence-electron chi connectivity index (χ0n) is 3.65. The van der Waals surface area contributed by atoms with E-state index in [1.807, 2.05) is 0 Å². The summed E-state index contributed by atoms with van der Waals surface area (Å²) in [5, 5.41) is 11.7. The molecular formula is C3H4AlN2O+3. The molecule has 32 valence electrons. The monoisotopic (exact) mass is 111 g/mol. The van der Waals surface area contributed by atoms with Crippen molar-refractivity contribution in [1.29, 1.82) is 0 Å². The summed E-state index contributed by atoms with van der Waals surface area (Å²) in [6, 6.07) is 1.64. The van der Waals surface area contributed by atoms with E-state index in [-0.39, 0.29) is 17.4 Å². The van der Waals surface area contributed by atoms with E-state index in [4.69, 9.17) is 5.21 Å². The fourth-order valence-electron chi connectivity index (χ4n) is 0.261. The molecule has 0 saturated carbocycles. The summed E-state index contributed by atoms with van der Waals surface area (Å²) in [6.07, 6.45) is 2.94. The molecule has 1 aromatic rings. The zero-order valence-corrected chi connectivity index (χ0v) is 4.81. The van der Waals surface area contributed by atoms with Crippen molar-refractivity contribution in [2.75, 3.05) is 0 Å². The molecule has 0 atom stereocenters. The molecule has 0 saturated heterocycles. The van der Waals surface area contributed by atoms with Crippen LogP contribution in [-0.2, 0) is 0 Å². The maximum absolute atomic E-state index is 8.28. The summed E-state index contributed by atoms with van der Waals surface area (Å²) in [5.41, 5.74) is 0. The molecule has 0 unspecified atom stereocenters. The largest absolute Gasteiger partial charge is 3.00 e. The summed E-state index contributed by atoms with van der Waals surface area (Å²) in [4.78, 5) is 0.750. The minimum Gasteiger partial charge on any atom is -0.412 e. The number of hydrogen-bond donors (Lipinski definition) is 1. The van der Waals surface area contributed by atoms with E-state index in [0.29, 0.717) is 0 Å². The molecule has 0 amide bonds. The first-order valence-corrected chi connectivity index (χ1v) is 1.58. The fraction of sp³-hybridized carbons (Fsp3) is 0. The second-order valence-corrected chi connectivity index (χ2v) is 0.926. The molecule has 1 heterocycles. The van der Waals surface area contributed by atoms with Crippen molar-refractivity contribution in [1.82, 2.24) is 9.94 Å². The predicted octanol–water partition coefficient (Wildman–Crippen LogP) is -0.260. The Hall–Kier alpha value is -0.458. The molecule has 0 aliphatic rings. The molecule has 1 N–H and O–H groups in total. The first-order chi connectivity index (χ1) is 2.89. The van der Waals surface area contributed by atoms with Crippen molar-refractivity contribution in [2.45, 2.75) is 0 Å². The van der Waals surface area contributed by atoms with E-state index < -0.39 is 0 Å². The van der Waals surface area contributed by atoms with Crippen LogP contribution in [0.1, 0.15) is 0 Å². The van der Waals surface area contributed by atoms with Gasteiger partial charge < -0.3 is 5.21 Å². The van der Waals surface area contributed by atoms with E-state index in [1.54, 1.807) is 6.07 Å². The van der Waals surface area contributed by atoms with Crippen molar-refractivity contribution in [2.24, 2.45) is 0 Å². The minimum atomic E-state index is 0.